The number of hydrogen-bond acceptors (Lipinski definition) is 6. The predicted molar refractivity (Wildman–Crippen MR) is 84.0 cm³/mol. The Bertz CT molecular complexity index is 809. The lowest BCUT2D eigenvalue weighted by atomic mass is 9.91. The largest absolute Gasteiger partial charge is 0.497 e. The molecule has 2 aromatic rings. The summed E-state index contributed by atoms with van der Waals surface area (Å²) in [5.74, 6) is 1.70. The van der Waals surface area contributed by atoms with Crippen LogP contribution in [0.25, 0.3) is 0 Å². The van der Waals surface area contributed by atoms with E-state index < -0.39 is 24.4 Å². The topological polar surface area (TPSA) is 92.4 Å². The Morgan fingerprint density at radius 3 is 2.62 bits per heavy atom. The van der Waals surface area contributed by atoms with Crippen LogP contribution in [0.2, 0.25) is 0 Å². The molecule has 2 aliphatic rings. The normalized spacial score (nSPS) is 27.3. The van der Waals surface area contributed by atoms with Gasteiger partial charge in [0.1, 0.15) is 41.7 Å². The van der Waals surface area contributed by atoms with Gasteiger partial charge in [0.25, 0.3) is 0 Å². The molecule has 1 aliphatic heterocycles. The van der Waals surface area contributed by atoms with E-state index in [1.807, 2.05) is 24.3 Å². The number of fused-ring (bicyclic) bond motifs is 3. The van der Waals surface area contributed by atoms with E-state index >= 15 is 0 Å². The Morgan fingerprint density at radius 2 is 1.92 bits per heavy atom. The standard InChI is InChI=1S/C18H18O6/c1-22-10-5-2-9(3-6-10)4-7-11-8-12(19)13-14(20)15(21)17-18(24-17)16(13)23-11/h2-3,5-6,8,14-15,17-18,20-21H,4,7H2,1H3/t14-,15+,17+,18-/m1/s1. The lowest BCUT2D eigenvalue weighted by molar-refractivity contribution is -0.00238. The van der Waals surface area contributed by atoms with Crippen molar-refractivity contribution in [1.29, 1.82) is 0 Å². The minimum atomic E-state index is -1.25. The van der Waals surface area contributed by atoms with Crippen LogP contribution in [0.5, 0.6) is 5.75 Å². The van der Waals surface area contributed by atoms with Gasteiger partial charge in [-0.2, -0.15) is 0 Å². The summed E-state index contributed by atoms with van der Waals surface area (Å²) >= 11 is 0. The first kappa shape index (κ1) is 15.4. The van der Waals surface area contributed by atoms with E-state index in [2.05, 4.69) is 0 Å². The maximum absolute atomic E-state index is 12.3. The van der Waals surface area contributed by atoms with E-state index in [0.717, 1.165) is 11.3 Å². The number of methoxy groups -OCH3 is 1. The van der Waals surface area contributed by atoms with Crippen LogP contribution in [0.3, 0.4) is 0 Å². The molecule has 0 spiro atoms. The Labute approximate surface area is 138 Å². The fourth-order valence-electron chi connectivity index (χ4n) is 3.20. The highest BCUT2D eigenvalue weighted by molar-refractivity contribution is 5.33. The molecule has 1 saturated heterocycles. The van der Waals surface area contributed by atoms with Crippen molar-refractivity contribution >= 4 is 0 Å². The molecule has 6 nitrogen and oxygen atoms in total. The second kappa shape index (κ2) is 5.73. The van der Waals surface area contributed by atoms with Gasteiger partial charge >= 0.3 is 0 Å². The molecule has 1 fully saturated rings. The summed E-state index contributed by atoms with van der Waals surface area (Å²) in [5, 5.41) is 19.9. The molecule has 0 saturated carbocycles. The molecule has 0 amide bonds. The van der Waals surface area contributed by atoms with Crippen molar-refractivity contribution in [3.63, 3.8) is 0 Å². The fourth-order valence-corrected chi connectivity index (χ4v) is 3.20. The van der Waals surface area contributed by atoms with Gasteiger partial charge in [-0.05, 0) is 24.1 Å². The van der Waals surface area contributed by atoms with Crippen LogP contribution in [-0.4, -0.2) is 29.5 Å². The van der Waals surface area contributed by atoms with Crippen molar-refractivity contribution in [2.45, 2.75) is 37.3 Å². The van der Waals surface area contributed by atoms with Gasteiger partial charge in [0, 0.05) is 12.5 Å². The van der Waals surface area contributed by atoms with E-state index in [0.29, 0.717) is 24.4 Å². The predicted octanol–water partition coefficient (Wildman–Crippen LogP) is 1.28. The number of hydrogen-bond donors (Lipinski definition) is 2. The van der Waals surface area contributed by atoms with E-state index in [-0.39, 0.29) is 11.0 Å². The number of benzene rings is 1. The molecule has 2 heterocycles. The molecule has 126 valence electrons. The minimum Gasteiger partial charge on any atom is -0.497 e. The highest BCUT2D eigenvalue weighted by Crippen LogP contribution is 2.49. The van der Waals surface area contributed by atoms with Crippen molar-refractivity contribution in [3.8, 4) is 5.75 Å². The van der Waals surface area contributed by atoms with Crippen molar-refractivity contribution < 1.29 is 24.1 Å². The van der Waals surface area contributed by atoms with Crippen LogP contribution in [0.15, 0.2) is 39.5 Å². The van der Waals surface area contributed by atoms with Crippen molar-refractivity contribution in [2.24, 2.45) is 0 Å². The zero-order valence-electron chi connectivity index (χ0n) is 13.1. The van der Waals surface area contributed by atoms with Crippen LogP contribution >= 0.6 is 0 Å². The number of aryl methyl sites for hydroxylation is 2. The van der Waals surface area contributed by atoms with Crippen LogP contribution in [0, 0.1) is 0 Å². The molecular formula is C18H18O6. The fraction of sp³-hybridized carbons (Fsp3) is 0.389. The van der Waals surface area contributed by atoms with E-state index in [4.69, 9.17) is 13.9 Å². The van der Waals surface area contributed by atoms with Gasteiger partial charge in [-0.25, -0.2) is 0 Å². The van der Waals surface area contributed by atoms with Gasteiger partial charge < -0.3 is 24.1 Å². The van der Waals surface area contributed by atoms with Crippen LogP contribution < -0.4 is 10.2 Å². The zero-order chi connectivity index (χ0) is 16.8. The molecule has 0 radical (unpaired) electrons. The van der Waals surface area contributed by atoms with E-state index in [1.54, 1.807) is 7.11 Å². The van der Waals surface area contributed by atoms with Crippen molar-refractivity contribution in [1.82, 2.24) is 0 Å². The van der Waals surface area contributed by atoms with Gasteiger partial charge in [-0.3, -0.25) is 4.79 Å². The van der Waals surface area contributed by atoms with Gasteiger partial charge in [-0.1, -0.05) is 12.1 Å². The molecule has 1 aromatic heterocycles. The maximum atomic E-state index is 12.3. The third-order valence-electron chi connectivity index (χ3n) is 4.62. The first-order chi connectivity index (χ1) is 11.6. The summed E-state index contributed by atoms with van der Waals surface area (Å²) in [6, 6.07) is 9.10. The Balaban J connectivity index is 1.56. The first-order valence-electron chi connectivity index (χ1n) is 7.90. The van der Waals surface area contributed by atoms with Crippen molar-refractivity contribution in [2.75, 3.05) is 7.11 Å². The monoisotopic (exact) mass is 330 g/mol. The second-order valence-corrected chi connectivity index (χ2v) is 6.16. The lowest BCUT2D eigenvalue weighted by Crippen LogP contribution is -2.33. The number of rotatable bonds is 4. The molecule has 24 heavy (non-hydrogen) atoms. The molecular weight excluding hydrogens is 312 g/mol. The molecule has 2 N–H and O–H groups in total. The molecule has 0 bridgehead atoms. The van der Waals surface area contributed by atoms with Gasteiger partial charge in [0.05, 0.1) is 12.7 Å². The summed E-state index contributed by atoms with van der Waals surface area (Å²) in [4.78, 5) is 12.3. The number of ether oxygens (including phenoxy) is 2. The lowest BCUT2D eigenvalue weighted by Gasteiger charge is -2.21. The zero-order valence-corrected chi connectivity index (χ0v) is 13.1. The SMILES string of the molecule is COc1ccc(CCc2cc(=O)c3c(o2)[C@H]2O[C@H]2[C@@H](O)[C@@H]3O)cc1. The molecule has 6 heteroatoms. The highest BCUT2D eigenvalue weighted by Gasteiger charge is 2.56. The quantitative estimate of drug-likeness (QED) is 0.821. The summed E-state index contributed by atoms with van der Waals surface area (Å²) < 4.78 is 16.3. The summed E-state index contributed by atoms with van der Waals surface area (Å²) in [6.45, 7) is 0. The second-order valence-electron chi connectivity index (χ2n) is 6.16. The number of epoxide rings is 1. The molecule has 4 atom stereocenters. The van der Waals surface area contributed by atoms with Crippen LogP contribution in [0.4, 0.5) is 0 Å². The van der Waals surface area contributed by atoms with Gasteiger partial charge in [-0.15, -0.1) is 0 Å². The summed E-state index contributed by atoms with van der Waals surface area (Å²) in [5.41, 5.74) is 0.906. The van der Waals surface area contributed by atoms with Crippen LogP contribution in [0.1, 0.15) is 34.9 Å². The van der Waals surface area contributed by atoms with E-state index in [1.165, 1.54) is 6.07 Å². The smallest absolute Gasteiger partial charge is 0.191 e. The Morgan fingerprint density at radius 1 is 1.17 bits per heavy atom. The molecule has 1 aromatic carbocycles. The number of aliphatic hydroxyl groups is 2. The van der Waals surface area contributed by atoms with Gasteiger partial charge in [0.2, 0.25) is 0 Å². The third-order valence-corrected chi connectivity index (χ3v) is 4.62. The molecule has 1 aliphatic carbocycles. The summed E-state index contributed by atoms with van der Waals surface area (Å²) in [7, 11) is 1.62. The maximum Gasteiger partial charge on any atom is 0.191 e. The van der Waals surface area contributed by atoms with Gasteiger partial charge in [0.15, 0.2) is 5.43 Å². The first-order valence-corrected chi connectivity index (χ1v) is 7.90. The third kappa shape index (κ3) is 2.53. The molecule has 4 rings (SSSR count). The highest BCUT2D eigenvalue weighted by atomic mass is 16.6. The average molecular weight is 330 g/mol. The van der Waals surface area contributed by atoms with E-state index in [9.17, 15) is 15.0 Å². The number of aliphatic hydroxyl groups excluding tert-OH is 2. The minimum absolute atomic E-state index is 0.120. The van der Waals surface area contributed by atoms with Crippen LogP contribution in [-0.2, 0) is 17.6 Å². The average Bonchev–Trinajstić information content (AvgIpc) is 3.39. The Hall–Kier alpha value is -2.15. The molecule has 0 unspecified atom stereocenters. The Kier molecular flexibility index (Phi) is 3.68. The summed E-state index contributed by atoms with van der Waals surface area (Å²) in [6.07, 6.45) is -1.96. The van der Waals surface area contributed by atoms with Crippen molar-refractivity contribution in [3.05, 3.63) is 63.2 Å².